The van der Waals surface area contributed by atoms with Crippen molar-refractivity contribution < 1.29 is 22.7 Å². The third-order valence-electron chi connectivity index (χ3n) is 3.36. The number of sulfone groups is 1. The summed E-state index contributed by atoms with van der Waals surface area (Å²) >= 11 is 5.90. The molecule has 8 heteroatoms. The van der Waals surface area contributed by atoms with Crippen molar-refractivity contribution in [3.05, 3.63) is 58.6 Å². The lowest BCUT2D eigenvalue weighted by Crippen LogP contribution is -2.23. The predicted molar refractivity (Wildman–Crippen MR) is 94.7 cm³/mol. The molecule has 0 aliphatic carbocycles. The number of carbonyl (C=O) groups excluding carboxylic acids is 2. The number of benzene rings is 2. The van der Waals surface area contributed by atoms with Crippen molar-refractivity contribution in [2.75, 3.05) is 18.2 Å². The van der Waals surface area contributed by atoms with E-state index in [9.17, 15) is 18.0 Å². The summed E-state index contributed by atoms with van der Waals surface area (Å²) in [6, 6.07) is 10.4. The number of anilines is 1. The van der Waals surface area contributed by atoms with E-state index in [1.54, 1.807) is 12.1 Å². The van der Waals surface area contributed by atoms with Gasteiger partial charge in [-0.25, -0.2) is 13.2 Å². The van der Waals surface area contributed by atoms with Gasteiger partial charge in [-0.3, -0.25) is 4.79 Å². The molecule has 2 aromatic rings. The number of hydrogen-bond acceptors (Lipinski definition) is 5. The van der Waals surface area contributed by atoms with E-state index in [-0.39, 0.29) is 21.2 Å². The van der Waals surface area contributed by atoms with Crippen molar-refractivity contribution in [2.24, 2.45) is 0 Å². The smallest absolute Gasteiger partial charge is 0.339 e. The van der Waals surface area contributed by atoms with Gasteiger partial charge >= 0.3 is 5.97 Å². The fraction of sp³-hybridized carbons (Fsp3) is 0.176. The highest BCUT2D eigenvalue weighted by Crippen LogP contribution is 2.21. The van der Waals surface area contributed by atoms with E-state index >= 15 is 0 Å². The molecule has 0 unspecified atom stereocenters. The molecule has 25 heavy (non-hydrogen) atoms. The molecule has 132 valence electrons. The van der Waals surface area contributed by atoms with Gasteiger partial charge in [-0.05, 0) is 37.3 Å². The van der Waals surface area contributed by atoms with Crippen molar-refractivity contribution >= 4 is 39.0 Å². The third-order valence-corrected chi connectivity index (χ3v) is 5.32. The Balaban J connectivity index is 2.15. The van der Waals surface area contributed by atoms with Crippen LogP contribution in [-0.2, 0) is 19.4 Å². The lowest BCUT2D eigenvalue weighted by molar-refractivity contribution is -0.113. The second-order valence-corrected chi connectivity index (χ2v) is 7.70. The molecule has 6 nitrogen and oxygen atoms in total. The molecular formula is C17H16ClNO5S. The van der Waals surface area contributed by atoms with Crippen LogP contribution in [0.1, 0.15) is 15.9 Å². The molecule has 0 bridgehead atoms. The van der Waals surface area contributed by atoms with Crippen molar-refractivity contribution in [1.82, 2.24) is 0 Å². The zero-order valence-corrected chi connectivity index (χ0v) is 15.1. The maximum Gasteiger partial charge on any atom is 0.339 e. The van der Waals surface area contributed by atoms with Crippen LogP contribution in [-0.4, -0.2) is 33.2 Å². The summed E-state index contributed by atoms with van der Waals surface area (Å²) in [6.45, 7) is 1.84. The zero-order chi connectivity index (χ0) is 18.6. The van der Waals surface area contributed by atoms with E-state index in [4.69, 9.17) is 11.6 Å². The molecule has 0 heterocycles. The molecule has 1 amide bonds. The monoisotopic (exact) mass is 381 g/mol. The van der Waals surface area contributed by atoms with Crippen LogP contribution in [0.15, 0.2) is 47.4 Å². The Morgan fingerprint density at radius 2 is 1.76 bits per heavy atom. The lowest BCUT2D eigenvalue weighted by atomic mass is 10.2. The zero-order valence-electron chi connectivity index (χ0n) is 13.6. The number of hydrogen-bond donors (Lipinski definition) is 1. The van der Waals surface area contributed by atoms with Crippen molar-refractivity contribution in [3.63, 3.8) is 0 Å². The van der Waals surface area contributed by atoms with Crippen molar-refractivity contribution in [3.8, 4) is 0 Å². The van der Waals surface area contributed by atoms with Gasteiger partial charge in [-0.1, -0.05) is 29.3 Å². The Morgan fingerprint density at radius 3 is 2.36 bits per heavy atom. The van der Waals surface area contributed by atoms with Gasteiger partial charge in [-0.15, -0.1) is 0 Å². The number of rotatable bonds is 5. The highest BCUT2D eigenvalue weighted by Gasteiger charge is 2.20. The molecule has 0 radical (unpaired) electrons. The van der Waals surface area contributed by atoms with Gasteiger partial charge in [0.05, 0.1) is 22.6 Å². The third kappa shape index (κ3) is 4.80. The Hall–Kier alpha value is -2.38. The normalized spacial score (nSPS) is 11.0. The van der Waals surface area contributed by atoms with Crippen LogP contribution in [0, 0.1) is 6.92 Å². The van der Waals surface area contributed by atoms with E-state index in [2.05, 4.69) is 10.1 Å². The highest BCUT2D eigenvalue weighted by molar-refractivity contribution is 7.92. The van der Waals surface area contributed by atoms with Crippen LogP contribution in [0.3, 0.4) is 0 Å². The summed E-state index contributed by atoms with van der Waals surface area (Å²) in [7, 11) is -2.56. The second-order valence-electron chi connectivity index (χ2n) is 5.31. The van der Waals surface area contributed by atoms with E-state index < -0.39 is 27.5 Å². The Kier molecular flexibility index (Phi) is 5.81. The first-order valence-corrected chi connectivity index (χ1v) is 9.23. The molecular weight excluding hydrogens is 366 g/mol. The van der Waals surface area contributed by atoms with E-state index in [1.807, 2.05) is 6.92 Å². The lowest BCUT2D eigenvalue weighted by Gasteiger charge is -2.09. The summed E-state index contributed by atoms with van der Waals surface area (Å²) < 4.78 is 29.1. The summed E-state index contributed by atoms with van der Waals surface area (Å²) in [5.74, 6) is -2.10. The van der Waals surface area contributed by atoms with Gasteiger partial charge in [0.25, 0.3) is 0 Å². The number of aryl methyl sites for hydroxylation is 1. The van der Waals surface area contributed by atoms with Crippen LogP contribution < -0.4 is 5.32 Å². The van der Waals surface area contributed by atoms with Crippen LogP contribution in [0.4, 0.5) is 5.69 Å². The van der Waals surface area contributed by atoms with Gasteiger partial charge in [0.15, 0.2) is 9.84 Å². The largest absolute Gasteiger partial charge is 0.465 e. The fourth-order valence-electron chi connectivity index (χ4n) is 2.07. The Bertz CT molecular complexity index is 907. The second kappa shape index (κ2) is 7.67. The quantitative estimate of drug-likeness (QED) is 0.804. The van der Waals surface area contributed by atoms with E-state index in [1.165, 1.54) is 37.4 Å². The number of carbonyl (C=O) groups is 2. The van der Waals surface area contributed by atoms with E-state index in [0.29, 0.717) is 0 Å². The fourth-order valence-corrected chi connectivity index (χ4v) is 3.40. The van der Waals surface area contributed by atoms with E-state index in [0.717, 1.165) is 5.56 Å². The van der Waals surface area contributed by atoms with Gasteiger partial charge in [-0.2, -0.15) is 0 Å². The first-order chi connectivity index (χ1) is 11.7. The molecule has 0 aliphatic rings. The predicted octanol–water partition coefficient (Wildman–Crippen LogP) is 2.85. The molecule has 0 spiro atoms. The minimum atomic E-state index is -3.77. The summed E-state index contributed by atoms with van der Waals surface area (Å²) in [4.78, 5) is 23.7. The number of ether oxygens (including phenoxy) is 1. The molecule has 0 saturated heterocycles. The summed E-state index contributed by atoms with van der Waals surface area (Å²) in [5, 5.41) is 2.61. The minimum Gasteiger partial charge on any atom is -0.465 e. The summed E-state index contributed by atoms with van der Waals surface area (Å²) in [5.41, 5.74) is 1.23. The molecule has 0 aliphatic heterocycles. The topological polar surface area (TPSA) is 89.5 Å². The first kappa shape index (κ1) is 19.0. The molecule has 0 saturated carbocycles. The van der Waals surface area contributed by atoms with Gasteiger partial charge in [0.1, 0.15) is 5.75 Å². The average molecular weight is 382 g/mol. The SMILES string of the molecule is COC(=O)c1cc(NC(=O)CS(=O)(=O)c2ccc(C)cc2)ccc1Cl. The Morgan fingerprint density at radius 1 is 1.12 bits per heavy atom. The molecule has 2 aromatic carbocycles. The standard InChI is InChI=1S/C17H16ClNO5S/c1-11-3-6-13(7-4-11)25(22,23)10-16(20)19-12-5-8-15(18)14(9-12)17(21)24-2/h3-9H,10H2,1-2H3,(H,19,20). The number of methoxy groups -OCH3 is 1. The number of nitrogens with one attached hydrogen (secondary N) is 1. The Labute approximate surface area is 150 Å². The number of amides is 1. The maximum absolute atomic E-state index is 12.3. The highest BCUT2D eigenvalue weighted by atomic mass is 35.5. The number of halogens is 1. The van der Waals surface area contributed by atoms with Crippen molar-refractivity contribution in [1.29, 1.82) is 0 Å². The van der Waals surface area contributed by atoms with Crippen LogP contribution in [0.25, 0.3) is 0 Å². The van der Waals surface area contributed by atoms with Gasteiger partial charge in [0, 0.05) is 5.69 Å². The molecule has 0 atom stereocenters. The van der Waals surface area contributed by atoms with Crippen LogP contribution >= 0.6 is 11.6 Å². The molecule has 2 rings (SSSR count). The minimum absolute atomic E-state index is 0.0691. The molecule has 1 N–H and O–H groups in total. The molecule has 0 fully saturated rings. The van der Waals surface area contributed by atoms with Crippen LogP contribution in [0.5, 0.6) is 0 Å². The average Bonchev–Trinajstić information content (AvgIpc) is 2.55. The summed E-state index contributed by atoms with van der Waals surface area (Å²) in [6.07, 6.45) is 0. The van der Waals surface area contributed by atoms with Crippen LogP contribution in [0.2, 0.25) is 5.02 Å². The first-order valence-electron chi connectivity index (χ1n) is 7.20. The maximum atomic E-state index is 12.3. The van der Waals surface area contributed by atoms with Crippen molar-refractivity contribution in [2.45, 2.75) is 11.8 Å². The number of esters is 1. The molecule has 0 aromatic heterocycles. The van der Waals surface area contributed by atoms with Gasteiger partial charge in [0.2, 0.25) is 5.91 Å². The van der Waals surface area contributed by atoms with Gasteiger partial charge < -0.3 is 10.1 Å².